The van der Waals surface area contributed by atoms with E-state index in [1.807, 2.05) is 35.0 Å². The molecule has 0 spiro atoms. The third kappa shape index (κ3) is 3.70. The normalized spacial score (nSPS) is 11.3. The molecular formula is C13H21N5. The highest BCUT2D eigenvalue weighted by molar-refractivity contribution is 5.06. The van der Waals surface area contributed by atoms with Crippen LogP contribution in [0.1, 0.15) is 25.0 Å². The van der Waals surface area contributed by atoms with Crippen LogP contribution in [0.3, 0.4) is 0 Å². The van der Waals surface area contributed by atoms with Crippen molar-refractivity contribution in [1.29, 1.82) is 0 Å². The average molecular weight is 247 g/mol. The van der Waals surface area contributed by atoms with E-state index in [-0.39, 0.29) is 0 Å². The topological polar surface area (TPSA) is 47.7 Å². The van der Waals surface area contributed by atoms with Crippen molar-refractivity contribution in [3.05, 3.63) is 35.9 Å². The number of rotatable bonds is 6. The quantitative estimate of drug-likeness (QED) is 0.838. The van der Waals surface area contributed by atoms with Gasteiger partial charge in [-0.05, 0) is 12.0 Å². The third-order valence-electron chi connectivity index (χ3n) is 2.79. The van der Waals surface area contributed by atoms with Gasteiger partial charge in [0.15, 0.2) is 0 Å². The molecule has 98 valence electrons. The summed E-state index contributed by atoms with van der Waals surface area (Å²) in [5.41, 5.74) is 2.48. The number of aryl methyl sites for hydroxylation is 3. The lowest BCUT2D eigenvalue weighted by Gasteiger charge is -2.05. The summed E-state index contributed by atoms with van der Waals surface area (Å²) in [6, 6.07) is 0.503. The first-order chi connectivity index (χ1) is 8.63. The first kappa shape index (κ1) is 12.8. The number of nitrogens with zero attached hydrogens (tertiary/aromatic N) is 4. The van der Waals surface area contributed by atoms with Crippen molar-refractivity contribution in [2.45, 2.75) is 39.4 Å². The maximum Gasteiger partial charge on any atom is 0.0534 e. The second-order valence-corrected chi connectivity index (χ2v) is 4.92. The smallest absolute Gasteiger partial charge is 0.0534 e. The molecular weight excluding hydrogens is 226 g/mol. The van der Waals surface area contributed by atoms with Crippen molar-refractivity contribution in [2.24, 2.45) is 7.05 Å². The molecule has 0 atom stereocenters. The van der Waals surface area contributed by atoms with Gasteiger partial charge in [0.25, 0.3) is 0 Å². The Morgan fingerprint density at radius 3 is 2.61 bits per heavy atom. The van der Waals surface area contributed by atoms with Gasteiger partial charge >= 0.3 is 0 Å². The summed E-state index contributed by atoms with van der Waals surface area (Å²) in [7, 11) is 1.94. The fourth-order valence-electron chi connectivity index (χ4n) is 1.79. The maximum atomic E-state index is 4.37. The average Bonchev–Trinajstić information content (AvgIpc) is 2.93. The molecule has 5 nitrogen and oxygen atoms in total. The maximum absolute atomic E-state index is 4.37. The van der Waals surface area contributed by atoms with Crippen LogP contribution in [0.25, 0.3) is 0 Å². The zero-order valence-electron chi connectivity index (χ0n) is 11.3. The van der Waals surface area contributed by atoms with E-state index in [0.717, 1.165) is 19.5 Å². The Kier molecular flexibility index (Phi) is 4.15. The third-order valence-corrected chi connectivity index (χ3v) is 2.79. The SMILES string of the molecule is CC(C)NCc1cnn(CCc2cnn(C)c2)c1. The van der Waals surface area contributed by atoms with Crippen molar-refractivity contribution in [3.63, 3.8) is 0 Å². The number of hydrogen-bond donors (Lipinski definition) is 1. The lowest BCUT2D eigenvalue weighted by atomic mass is 10.2. The molecule has 2 aromatic heterocycles. The zero-order valence-corrected chi connectivity index (χ0v) is 11.3. The van der Waals surface area contributed by atoms with E-state index in [9.17, 15) is 0 Å². The van der Waals surface area contributed by atoms with E-state index >= 15 is 0 Å². The van der Waals surface area contributed by atoms with Crippen molar-refractivity contribution >= 4 is 0 Å². The molecule has 5 heteroatoms. The molecule has 0 radical (unpaired) electrons. The van der Waals surface area contributed by atoms with Gasteiger partial charge in [0.1, 0.15) is 0 Å². The van der Waals surface area contributed by atoms with E-state index in [1.54, 1.807) is 0 Å². The van der Waals surface area contributed by atoms with Crippen LogP contribution in [-0.2, 0) is 26.6 Å². The van der Waals surface area contributed by atoms with Gasteiger partial charge in [0, 0.05) is 44.1 Å². The van der Waals surface area contributed by atoms with Crippen LogP contribution in [0.5, 0.6) is 0 Å². The van der Waals surface area contributed by atoms with Crippen LogP contribution in [0.2, 0.25) is 0 Å². The standard InChI is InChI=1S/C13H21N5/c1-11(2)14-6-13-8-16-18(10-13)5-4-12-7-15-17(3)9-12/h7-11,14H,4-6H2,1-3H3. The number of aromatic nitrogens is 4. The highest BCUT2D eigenvalue weighted by Crippen LogP contribution is 2.02. The second-order valence-electron chi connectivity index (χ2n) is 4.92. The first-order valence-electron chi connectivity index (χ1n) is 6.35. The van der Waals surface area contributed by atoms with Crippen molar-refractivity contribution < 1.29 is 0 Å². The summed E-state index contributed by atoms with van der Waals surface area (Å²) < 4.78 is 3.82. The molecule has 0 saturated carbocycles. The molecule has 0 amide bonds. The lowest BCUT2D eigenvalue weighted by molar-refractivity contribution is 0.585. The van der Waals surface area contributed by atoms with Crippen LogP contribution in [0.15, 0.2) is 24.8 Å². The summed E-state index contributed by atoms with van der Waals surface area (Å²) in [4.78, 5) is 0. The highest BCUT2D eigenvalue weighted by Gasteiger charge is 2.01. The number of hydrogen-bond acceptors (Lipinski definition) is 3. The van der Waals surface area contributed by atoms with Crippen LogP contribution in [0.4, 0.5) is 0 Å². The van der Waals surface area contributed by atoms with Gasteiger partial charge in [-0.15, -0.1) is 0 Å². The van der Waals surface area contributed by atoms with Gasteiger partial charge in [-0.1, -0.05) is 13.8 Å². The molecule has 0 bridgehead atoms. The van der Waals surface area contributed by atoms with E-state index in [0.29, 0.717) is 6.04 Å². The summed E-state index contributed by atoms with van der Waals surface area (Å²) in [5.74, 6) is 0. The molecule has 2 aromatic rings. The number of nitrogens with one attached hydrogen (secondary N) is 1. The molecule has 0 aliphatic heterocycles. The van der Waals surface area contributed by atoms with E-state index in [2.05, 4.69) is 35.6 Å². The van der Waals surface area contributed by atoms with E-state index < -0.39 is 0 Å². The first-order valence-corrected chi connectivity index (χ1v) is 6.35. The van der Waals surface area contributed by atoms with Crippen molar-refractivity contribution in [1.82, 2.24) is 24.9 Å². The second kappa shape index (κ2) is 5.82. The minimum Gasteiger partial charge on any atom is -0.310 e. The molecule has 0 aliphatic carbocycles. The van der Waals surface area contributed by atoms with Crippen LogP contribution in [0, 0.1) is 0 Å². The Morgan fingerprint density at radius 2 is 1.94 bits per heavy atom. The molecule has 2 rings (SSSR count). The van der Waals surface area contributed by atoms with Crippen molar-refractivity contribution in [3.8, 4) is 0 Å². The summed E-state index contributed by atoms with van der Waals surface area (Å²) in [6.07, 6.45) is 8.95. The van der Waals surface area contributed by atoms with Crippen molar-refractivity contribution in [2.75, 3.05) is 0 Å². The summed E-state index contributed by atoms with van der Waals surface area (Å²) in [6.45, 7) is 6.07. The Morgan fingerprint density at radius 1 is 1.17 bits per heavy atom. The predicted molar refractivity (Wildman–Crippen MR) is 71.1 cm³/mol. The molecule has 2 heterocycles. The van der Waals surface area contributed by atoms with Gasteiger partial charge in [0.05, 0.1) is 12.4 Å². The Balaban J connectivity index is 1.83. The molecule has 0 unspecified atom stereocenters. The Bertz CT molecular complexity index is 483. The highest BCUT2D eigenvalue weighted by atomic mass is 15.3. The largest absolute Gasteiger partial charge is 0.310 e. The Labute approximate surface area is 108 Å². The van der Waals surface area contributed by atoms with Crippen LogP contribution < -0.4 is 5.32 Å². The molecule has 0 aromatic carbocycles. The minimum absolute atomic E-state index is 0.503. The summed E-state index contributed by atoms with van der Waals surface area (Å²) >= 11 is 0. The molecule has 0 saturated heterocycles. The minimum atomic E-state index is 0.503. The van der Waals surface area contributed by atoms with Gasteiger partial charge in [0.2, 0.25) is 0 Å². The molecule has 0 fully saturated rings. The van der Waals surface area contributed by atoms with Gasteiger partial charge in [-0.2, -0.15) is 10.2 Å². The Hall–Kier alpha value is -1.62. The van der Waals surface area contributed by atoms with Gasteiger partial charge in [-0.25, -0.2) is 0 Å². The fraction of sp³-hybridized carbons (Fsp3) is 0.538. The molecule has 18 heavy (non-hydrogen) atoms. The van der Waals surface area contributed by atoms with Gasteiger partial charge in [-0.3, -0.25) is 9.36 Å². The summed E-state index contributed by atoms with van der Waals surface area (Å²) in [5, 5.41) is 11.9. The van der Waals surface area contributed by atoms with Gasteiger partial charge < -0.3 is 5.32 Å². The monoisotopic (exact) mass is 247 g/mol. The van der Waals surface area contributed by atoms with E-state index in [1.165, 1.54) is 11.1 Å². The van der Waals surface area contributed by atoms with Crippen LogP contribution in [-0.4, -0.2) is 25.6 Å². The zero-order chi connectivity index (χ0) is 13.0. The van der Waals surface area contributed by atoms with E-state index in [4.69, 9.17) is 0 Å². The van der Waals surface area contributed by atoms with Crippen LogP contribution >= 0.6 is 0 Å². The molecule has 0 aliphatic rings. The molecule has 1 N–H and O–H groups in total. The predicted octanol–water partition coefficient (Wildman–Crippen LogP) is 1.36. The lowest BCUT2D eigenvalue weighted by Crippen LogP contribution is -2.21. The fourth-order valence-corrected chi connectivity index (χ4v) is 1.79.